The molecule has 1 unspecified atom stereocenters. The van der Waals surface area contributed by atoms with Gasteiger partial charge < -0.3 is 5.11 Å². The normalized spacial score (nSPS) is 12.3. The van der Waals surface area contributed by atoms with Crippen molar-refractivity contribution in [3.63, 3.8) is 0 Å². The summed E-state index contributed by atoms with van der Waals surface area (Å²) in [6.07, 6.45) is 1.04. The minimum absolute atomic E-state index is 0.330. The van der Waals surface area contributed by atoms with E-state index < -0.39 is 5.97 Å². The summed E-state index contributed by atoms with van der Waals surface area (Å²) in [5.74, 6) is -0.884. The summed E-state index contributed by atoms with van der Waals surface area (Å²) in [6.45, 7) is 2.98. The number of carbonyl (C=O) groups is 1. The smallest absolute Gasteiger partial charge is 0.335 e. The first-order valence-electron chi connectivity index (χ1n) is 7.19. The molecule has 21 heavy (non-hydrogen) atoms. The van der Waals surface area contributed by atoms with E-state index >= 15 is 0 Å². The highest BCUT2D eigenvalue weighted by atomic mass is 16.4. The summed E-state index contributed by atoms with van der Waals surface area (Å²) in [4.78, 5) is 13.2. The molecular formula is C18H21NO2. The molecule has 0 bridgehead atoms. The molecule has 0 fully saturated rings. The van der Waals surface area contributed by atoms with E-state index in [0.29, 0.717) is 11.6 Å². The van der Waals surface area contributed by atoms with Crippen LogP contribution in [0.2, 0.25) is 0 Å². The first-order chi connectivity index (χ1) is 10.1. The van der Waals surface area contributed by atoms with Crippen LogP contribution in [0, 0.1) is 0 Å². The lowest BCUT2D eigenvalue weighted by atomic mass is 10.0. The summed E-state index contributed by atoms with van der Waals surface area (Å²) in [7, 11) is 2.10. The van der Waals surface area contributed by atoms with Crippen molar-refractivity contribution in [2.45, 2.75) is 25.9 Å². The zero-order valence-electron chi connectivity index (χ0n) is 12.5. The lowest BCUT2D eigenvalue weighted by molar-refractivity contribution is 0.0697. The van der Waals surface area contributed by atoms with Gasteiger partial charge in [-0.2, -0.15) is 0 Å². The molecule has 3 nitrogen and oxygen atoms in total. The van der Waals surface area contributed by atoms with Gasteiger partial charge in [0.05, 0.1) is 5.56 Å². The number of aromatic carboxylic acids is 1. The molecule has 0 aliphatic heterocycles. The second kappa shape index (κ2) is 7.04. The highest BCUT2D eigenvalue weighted by Gasteiger charge is 2.15. The summed E-state index contributed by atoms with van der Waals surface area (Å²) in [5.41, 5.74) is 2.76. The van der Waals surface area contributed by atoms with Gasteiger partial charge in [0, 0.05) is 12.6 Å². The van der Waals surface area contributed by atoms with Crippen LogP contribution in [-0.2, 0) is 6.54 Å². The van der Waals surface area contributed by atoms with E-state index in [9.17, 15) is 4.79 Å². The van der Waals surface area contributed by atoms with E-state index in [1.165, 1.54) is 5.56 Å². The van der Waals surface area contributed by atoms with Crippen LogP contribution in [-0.4, -0.2) is 23.0 Å². The largest absolute Gasteiger partial charge is 0.478 e. The Kier molecular flexibility index (Phi) is 5.12. The van der Waals surface area contributed by atoms with Gasteiger partial charge in [-0.3, -0.25) is 4.90 Å². The zero-order chi connectivity index (χ0) is 15.2. The summed E-state index contributed by atoms with van der Waals surface area (Å²) >= 11 is 0. The van der Waals surface area contributed by atoms with Crippen molar-refractivity contribution in [2.75, 3.05) is 7.05 Å². The van der Waals surface area contributed by atoms with Gasteiger partial charge in [0.2, 0.25) is 0 Å². The molecule has 0 saturated heterocycles. The number of benzene rings is 2. The number of nitrogens with zero attached hydrogens (tertiary/aromatic N) is 1. The maximum absolute atomic E-state index is 10.9. The van der Waals surface area contributed by atoms with Gasteiger partial charge in [0.1, 0.15) is 0 Å². The number of carboxylic acids is 1. The molecule has 0 heterocycles. The molecule has 0 radical (unpaired) electrons. The molecular weight excluding hydrogens is 262 g/mol. The lowest BCUT2D eigenvalue weighted by Crippen LogP contribution is -2.23. The molecule has 2 aromatic rings. The molecule has 1 atom stereocenters. The summed E-state index contributed by atoms with van der Waals surface area (Å²) in [5, 5.41) is 8.92. The van der Waals surface area contributed by atoms with Gasteiger partial charge in [-0.15, -0.1) is 0 Å². The van der Waals surface area contributed by atoms with Crippen LogP contribution >= 0.6 is 0 Å². The van der Waals surface area contributed by atoms with E-state index in [1.807, 2.05) is 18.2 Å². The molecule has 0 saturated carbocycles. The predicted octanol–water partition coefficient (Wildman–Crippen LogP) is 3.97. The van der Waals surface area contributed by atoms with Crippen molar-refractivity contribution in [3.8, 4) is 0 Å². The van der Waals surface area contributed by atoms with Gasteiger partial charge in [0.15, 0.2) is 0 Å². The number of hydrogen-bond donors (Lipinski definition) is 1. The van der Waals surface area contributed by atoms with Gasteiger partial charge in [-0.1, -0.05) is 49.4 Å². The Balaban J connectivity index is 2.09. The first-order valence-corrected chi connectivity index (χ1v) is 7.19. The van der Waals surface area contributed by atoms with Gasteiger partial charge >= 0.3 is 5.97 Å². The standard InChI is InChI=1S/C18H21NO2/c1-3-17(15-7-5-4-6-8-15)19(2)13-14-9-11-16(12-10-14)18(20)21/h4-12,17H,3,13H2,1-2H3,(H,20,21). The Morgan fingerprint density at radius 1 is 1.10 bits per heavy atom. The van der Waals surface area contributed by atoms with Crippen LogP contribution in [0.15, 0.2) is 54.6 Å². The van der Waals surface area contributed by atoms with Crippen LogP contribution in [0.4, 0.5) is 0 Å². The van der Waals surface area contributed by atoms with Crippen molar-refractivity contribution < 1.29 is 9.90 Å². The van der Waals surface area contributed by atoms with Crippen molar-refractivity contribution in [1.29, 1.82) is 0 Å². The number of hydrogen-bond acceptors (Lipinski definition) is 2. The lowest BCUT2D eigenvalue weighted by Gasteiger charge is -2.27. The third kappa shape index (κ3) is 3.92. The highest BCUT2D eigenvalue weighted by Crippen LogP contribution is 2.24. The molecule has 1 N–H and O–H groups in total. The molecule has 3 heteroatoms. The molecule has 2 rings (SSSR count). The molecule has 0 aliphatic rings. The van der Waals surface area contributed by atoms with E-state index in [2.05, 4.69) is 43.1 Å². The monoisotopic (exact) mass is 283 g/mol. The second-order valence-electron chi connectivity index (χ2n) is 5.25. The predicted molar refractivity (Wildman–Crippen MR) is 84.3 cm³/mol. The Morgan fingerprint density at radius 3 is 2.24 bits per heavy atom. The third-order valence-electron chi connectivity index (χ3n) is 3.74. The van der Waals surface area contributed by atoms with Crippen molar-refractivity contribution >= 4 is 5.97 Å². The second-order valence-corrected chi connectivity index (χ2v) is 5.25. The molecule has 0 aliphatic carbocycles. The van der Waals surface area contributed by atoms with E-state index in [0.717, 1.165) is 18.5 Å². The minimum Gasteiger partial charge on any atom is -0.478 e. The van der Waals surface area contributed by atoms with Gasteiger partial charge in [0.25, 0.3) is 0 Å². The van der Waals surface area contributed by atoms with Gasteiger partial charge in [-0.25, -0.2) is 4.79 Å². The number of rotatable bonds is 6. The fourth-order valence-corrected chi connectivity index (χ4v) is 2.63. The minimum atomic E-state index is -0.884. The average Bonchev–Trinajstić information content (AvgIpc) is 2.49. The van der Waals surface area contributed by atoms with E-state index in [1.54, 1.807) is 12.1 Å². The Bertz CT molecular complexity index is 578. The first kappa shape index (κ1) is 15.3. The Morgan fingerprint density at radius 2 is 1.71 bits per heavy atom. The summed E-state index contributed by atoms with van der Waals surface area (Å²) in [6, 6.07) is 17.9. The molecule has 0 spiro atoms. The fraction of sp³-hybridized carbons (Fsp3) is 0.278. The fourth-order valence-electron chi connectivity index (χ4n) is 2.63. The van der Waals surface area contributed by atoms with Gasteiger partial charge in [-0.05, 0) is 36.7 Å². The van der Waals surface area contributed by atoms with E-state index in [-0.39, 0.29) is 0 Å². The van der Waals surface area contributed by atoms with E-state index in [4.69, 9.17) is 5.11 Å². The summed E-state index contributed by atoms with van der Waals surface area (Å²) < 4.78 is 0. The maximum Gasteiger partial charge on any atom is 0.335 e. The molecule has 2 aromatic carbocycles. The maximum atomic E-state index is 10.9. The number of carboxylic acid groups (broad SMARTS) is 1. The van der Waals surface area contributed by atoms with Crippen molar-refractivity contribution in [2.24, 2.45) is 0 Å². The van der Waals surface area contributed by atoms with Crippen molar-refractivity contribution in [1.82, 2.24) is 4.90 Å². The Labute approximate surface area is 125 Å². The van der Waals surface area contributed by atoms with Crippen LogP contribution in [0.25, 0.3) is 0 Å². The average molecular weight is 283 g/mol. The molecule has 0 aromatic heterocycles. The van der Waals surface area contributed by atoms with Crippen LogP contribution in [0.3, 0.4) is 0 Å². The van der Waals surface area contributed by atoms with Crippen LogP contribution < -0.4 is 0 Å². The topological polar surface area (TPSA) is 40.5 Å². The Hall–Kier alpha value is -2.13. The third-order valence-corrected chi connectivity index (χ3v) is 3.74. The quantitative estimate of drug-likeness (QED) is 0.872. The SMILES string of the molecule is CCC(c1ccccc1)N(C)Cc1ccc(C(=O)O)cc1. The zero-order valence-corrected chi connectivity index (χ0v) is 12.5. The van der Waals surface area contributed by atoms with Crippen molar-refractivity contribution in [3.05, 3.63) is 71.3 Å². The molecule has 110 valence electrons. The van der Waals surface area contributed by atoms with Crippen LogP contribution in [0.1, 0.15) is 40.9 Å². The highest BCUT2D eigenvalue weighted by molar-refractivity contribution is 5.87. The van der Waals surface area contributed by atoms with Crippen LogP contribution in [0.5, 0.6) is 0 Å². The molecule has 0 amide bonds.